The minimum Gasteiger partial charge on any atom is -0.338 e. The molecule has 0 radical (unpaired) electrons. The number of nitrogens with one attached hydrogen (secondary N) is 1. The van der Waals surface area contributed by atoms with Crippen LogP contribution in [-0.2, 0) is 0 Å². The first-order valence-corrected chi connectivity index (χ1v) is 9.84. The van der Waals surface area contributed by atoms with Crippen molar-refractivity contribution in [3.8, 4) is 0 Å². The van der Waals surface area contributed by atoms with Crippen LogP contribution in [0.15, 0.2) is 36.4 Å². The van der Waals surface area contributed by atoms with Gasteiger partial charge < -0.3 is 10.2 Å². The van der Waals surface area contributed by atoms with Crippen molar-refractivity contribution >= 4 is 52.3 Å². The molecule has 0 aromatic heterocycles. The number of benzene rings is 2. The first-order valence-electron chi connectivity index (χ1n) is 8.70. The highest BCUT2D eigenvalue weighted by molar-refractivity contribution is 6.37. The monoisotopic (exact) mass is 424 g/mol. The van der Waals surface area contributed by atoms with E-state index in [4.69, 9.17) is 34.8 Å². The summed E-state index contributed by atoms with van der Waals surface area (Å²) in [5, 5.41) is 3.89. The molecule has 1 heterocycles. The highest BCUT2D eigenvalue weighted by atomic mass is 35.5. The lowest BCUT2D eigenvalue weighted by Gasteiger charge is -2.31. The van der Waals surface area contributed by atoms with Crippen LogP contribution in [0.2, 0.25) is 15.1 Å². The number of rotatable bonds is 3. The van der Waals surface area contributed by atoms with Gasteiger partial charge >= 0.3 is 0 Å². The van der Waals surface area contributed by atoms with Crippen LogP contribution < -0.4 is 5.32 Å². The maximum absolute atomic E-state index is 13.0. The number of nitrogens with zero attached hydrogens (tertiary/aromatic N) is 1. The average Bonchev–Trinajstić information content (AvgIpc) is 2.62. The van der Waals surface area contributed by atoms with Gasteiger partial charge in [0.25, 0.3) is 11.8 Å². The lowest BCUT2D eigenvalue weighted by Crippen LogP contribution is -2.39. The van der Waals surface area contributed by atoms with E-state index < -0.39 is 5.91 Å². The van der Waals surface area contributed by atoms with Gasteiger partial charge in [-0.3, -0.25) is 9.59 Å². The van der Waals surface area contributed by atoms with E-state index in [1.807, 2.05) is 4.90 Å². The van der Waals surface area contributed by atoms with E-state index in [-0.39, 0.29) is 16.5 Å². The quantitative estimate of drug-likeness (QED) is 0.678. The number of anilines is 1. The van der Waals surface area contributed by atoms with E-state index in [0.29, 0.717) is 40.3 Å². The zero-order valence-electron chi connectivity index (χ0n) is 14.8. The Hall–Kier alpha value is -1.75. The van der Waals surface area contributed by atoms with Gasteiger partial charge in [0, 0.05) is 23.1 Å². The van der Waals surface area contributed by atoms with Gasteiger partial charge in [-0.25, -0.2) is 0 Å². The summed E-state index contributed by atoms with van der Waals surface area (Å²) in [6.45, 7) is 3.52. The van der Waals surface area contributed by atoms with Crippen molar-refractivity contribution < 1.29 is 9.59 Å². The number of amides is 2. The van der Waals surface area contributed by atoms with Crippen molar-refractivity contribution in [2.24, 2.45) is 5.92 Å². The molecule has 0 aliphatic carbocycles. The molecule has 1 saturated heterocycles. The molecule has 7 heteroatoms. The van der Waals surface area contributed by atoms with Gasteiger partial charge in [-0.2, -0.15) is 0 Å². The third-order valence-corrected chi connectivity index (χ3v) is 5.36. The van der Waals surface area contributed by atoms with E-state index in [0.717, 1.165) is 12.8 Å². The summed E-state index contributed by atoms with van der Waals surface area (Å²) in [7, 11) is 0. The van der Waals surface area contributed by atoms with E-state index in [1.165, 1.54) is 6.07 Å². The second-order valence-corrected chi connectivity index (χ2v) is 8.05. The number of hydrogen-bond donors (Lipinski definition) is 1. The number of piperidine rings is 1. The van der Waals surface area contributed by atoms with Crippen LogP contribution >= 0.6 is 34.8 Å². The molecule has 3 rings (SSSR count). The van der Waals surface area contributed by atoms with Crippen molar-refractivity contribution in [2.75, 3.05) is 18.4 Å². The molecular weight excluding hydrogens is 407 g/mol. The Morgan fingerprint density at radius 3 is 2.44 bits per heavy atom. The molecule has 27 heavy (non-hydrogen) atoms. The van der Waals surface area contributed by atoms with Crippen LogP contribution in [0.25, 0.3) is 0 Å². The van der Waals surface area contributed by atoms with Crippen LogP contribution in [0, 0.1) is 5.92 Å². The average molecular weight is 426 g/mol. The molecule has 0 saturated carbocycles. The van der Waals surface area contributed by atoms with Crippen molar-refractivity contribution in [2.45, 2.75) is 19.8 Å². The van der Waals surface area contributed by atoms with Crippen molar-refractivity contribution in [3.63, 3.8) is 0 Å². The predicted molar refractivity (Wildman–Crippen MR) is 110 cm³/mol. The number of hydrogen-bond acceptors (Lipinski definition) is 2. The molecule has 2 aromatic rings. The Kier molecular flexibility index (Phi) is 6.30. The van der Waals surface area contributed by atoms with Gasteiger partial charge in [0.2, 0.25) is 0 Å². The third kappa shape index (κ3) is 4.75. The summed E-state index contributed by atoms with van der Waals surface area (Å²) in [5.41, 5.74) is 1.05. The minimum absolute atomic E-state index is 0.137. The van der Waals surface area contributed by atoms with Gasteiger partial charge in [-0.05, 0) is 55.2 Å². The van der Waals surface area contributed by atoms with Crippen LogP contribution in [-0.4, -0.2) is 29.8 Å². The van der Waals surface area contributed by atoms with Crippen molar-refractivity contribution in [3.05, 3.63) is 62.6 Å². The van der Waals surface area contributed by atoms with Crippen molar-refractivity contribution in [1.82, 2.24) is 4.90 Å². The van der Waals surface area contributed by atoms with Crippen molar-refractivity contribution in [1.29, 1.82) is 0 Å². The maximum atomic E-state index is 13.0. The highest BCUT2D eigenvalue weighted by Crippen LogP contribution is 2.27. The second-order valence-electron chi connectivity index (χ2n) is 6.77. The SMILES string of the molecule is C[C@H]1CCCN(C(=O)c2cc(Cl)ccc2NC(=O)c2ccc(Cl)cc2Cl)C1. The largest absolute Gasteiger partial charge is 0.338 e. The van der Waals surface area contributed by atoms with E-state index in [2.05, 4.69) is 12.2 Å². The topological polar surface area (TPSA) is 49.4 Å². The third-order valence-electron chi connectivity index (χ3n) is 4.58. The summed E-state index contributed by atoms with van der Waals surface area (Å²) in [6.07, 6.45) is 2.08. The van der Waals surface area contributed by atoms with E-state index in [9.17, 15) is 9.59 Å². The van der Waals surface area contributed by atoms with Crippen LogP contribution in [0.4, 0.5) is 5.69 Å². The number of halogens is 3. The smallest absolute Gasteiger partial charge is 0.257 e. The first kappa shape index (κ1) is 20.0. The molecule has 1 atom stereocenters. The Morgan fingerprint density at radius 2 is 1.74 bits per heavy atom. The van der Waals surface area contributed by atoms with Gasteiger partial charge in [0.1, 0.15) is 0 Å². The molecule has 0 unspecified atom stereocenters. The maximum Gasteiger partial charge on any atom is 0.257 e. The molecule has 4 nitrogen and oxygen atoms in total. The summed E-state index contributed by atoms with van der Waals surface area (Å²) >= 11 is 18.1. The van der Waals surface area contributed by atoms with Crippen LogP contribution in [0.1, 0.15) is 40.5 Å². The Labute approximate surface area is 173 Å². The Balaban J connectivity index is 1.87. The number of carbonyl (C=O) groups is 2. The molecular formula is C20H19Cl3N2O2. The molecule has 1 aliphatic rings. The predicted octanol–water partition coefficient (Wildman–Crippen LogP) is 5.77. The molecule has 2 aromatic carbocycles. The van der Waals surface area contributed by atoms with Gasteiger partial charge in [0.15, 0.2) is 0 Å². The summed E-state index contributed by atoms with van der Waals surface area (Å²) in [6, 6.07) is 9.49. The molecule has 2 amide bonds. The molecule has 1 fully saturated rings. The van der Waals surface area contributed by atoms with Gasteiger partial charge in [-0.1, -0.05) is 41.7 Å². The summed E-state index contributed by atoms with van der Waals surface area (Å²) in [5.74, 6) is -0.102. The molecule has 1 aliphatic heterocycles. The second kappa shape index (κ2) is 8.51. The lowest BCUT2D eigenvalue weighted by molar-refractivity contribution is 0.0684. The zero-order valence-corrected chi connectivity index (χ0v) is 17.0. The molecule has 142 valence electrons. The summed E-state index contributed by atoms with van der Waals surface area (Å²) < 4.78 is 0. The number of carbonyl (C=O) groups excluding carboxylic acids is 2. The fourth-order valence-electron chi connectivity index (χ4n) is 3.21. The first-order chi connectivity index (χ1) is 12.8. The fraction of sp³-hybridized carbons (Fsp3) is 0.300. The lowest BCUT2D eigenvalue weighted by atomic mass is 9.99. The minimum atomic E-state index is -0.417. The normalized spacial score (nSPS) is 16.9. The molecule has 0 bridgehead atoms. The summed E-state index contributed by atoms with van der Waals surface area (Å²) in [4.78, 5) is 27.5. The van der Waals surface area contributed by atoms with Crippen LogP contribution in [0.3, 0.4) is 0 Å². The highest BCUT2D eigenvalue weighted by Gasteiger charge is 2.25. The number of likely N-dealkylation sites (tertiary alicyclic amines) is 1. The van der Waals surface area contributed by atoms with Gasteiger partial charge in [-0.15, -0.1) is 0 Å². The fourth-order valence-corrected chi connectivity index (χ4v) is 3.88. The van der Waals surface area contributed by atoms with Crippen LogP contribution in [0.5, 0.6) is 0 Å². The van der Waals surface area contributed by atoms with E-state index in [1.54, 1.807) is 30.3 Å². The van der Waals surface area contributed by atoms with E-state index >= 15 is 0 Å². The zero-order chi connectivity index (χ0) is 19.6. The Bertz CT molecular complexity index is 886. The molecule has 1 N–H and O–H groups in total. The molecule has 0 spiro atoms. The standard InChI is InChI=1S/C20H19Cl3N2O2/c1-12-3-2-8-25(11-12)20(27)16-9-13(21)5-7-18(16)24-19(26)15-6-4-14(22)10-17(15)23/h4-7,9-10,12H,2-3,8,11H2,1H3,(H,24,26)/t12-/m0/s1. The van der Waals surface area contributed by atoms with Gasteiger partial charge in [0.05, 0.1) is 21.8 Å². The Morgan fingerprint density at radius 1 is 1.04 bits per heavy atom.